The second-order valence-electron chi connectivity index (χ2n) is 4.65. The molecule has 1 rings (SSSR count). The van der Waals surface area contributed by atoms with Crippen LogP contribution in [0.2, 0.25) is 0 Å². The van der Waals surface area contributed by atoms with Crippen LogP contribution >= 0.6 is 0 Å². The molecule has 13 heavy (non-hydrogen) atoms. The molecular weight excluding hydrogens is 160 g/mol. The summed E-state index contributed by atoms with van der Waals surface area (Å²) in [5, 5.41) is 0. The molecule has 3 N–H and O–H groups in total. The lowest BCUT2D eigenvalue weighted by Gasteiger charge is -2.30. The van der Waals surface area contributed by atoms with E-state index >= 15 is 0 Å². The molecule has 0 spiro atoms. The molecule has 1 aliphatic carbocycles. The van der Waals surface area contributed by atoms with Gasteiger partial charge in [-0.1, -0.05) is 40.0 Å². The zero-order valence-corrected chi connectivity index (χ0v) is 9.22. The fourth-order valence-corrected chi connectivity index (χ4v) is 2.67. The van der Waals surface area contributed by atoms with Crippen molar-refractivity contribution < 1.29 is 0 Å². The van der Waals surface area contributed by atoms with Crippen LogP contribution in [-0.2, 0) is 0 Å². The van der Waals surface area contributed by atoms with Gasteiger partial charge in [0.15, 0.2) is 0 Å². The van der Waals surface area contributed by atoms with Crippen LogP contribution < -0.4 is 11.3 Å². The van der Waals surface area contributed by atoms with Gasteiger partial charge in [-0.25, -0.2) is 0 Å². The fraction of sp³-hybridized carbons (Fsp3) is 1.00. The topological polar surface area (TPSA) is 38.0 Å². The van der Waals surface area contributed by atoms with Crippen molar-refractivity contribution in [3.63, 3.8) is 0 Å². The molecule has 0 heterocycles. The summed E-state index contributed by atoms with van der Waals surface area (Å²) < 4.78 is 0. The summed E-state index contributed by atoms with van der Waals surface area (Å²) in [4.78, 5) is 0. The first-order valence-corrected chi connectivity index (χ1v) is 5.66. The molecule has 1 aliphatic rings. The molecule has 1 fully saturated rings. The van der Waals surface area contributed by atoms with Crippen LogP contribution in [0.5, 0.6) is 0 Å². The molecule has 2 heteroatoms. The van der Waals surface area contributed by atoms with Crippen molar-refractivity contribution in [2.45, 2.75) is 52.5 Å². The predicted octanol–water partition coefficient (Wildman–Crippen LogP) is 2.30. The molecule has 4 atom stereocenters. The van der Waals surface area contributed by atoms with Crippen LogP contribution in [0, 0.1) is 17.8 Å². The van der Waals surface area contributed by atoms with Crippen molar-refractivity contribution in [2.24, 2.45) is 23.6 Å². The Morgan fingerprint density at radius 1 is 1.46 bits per heavy atom. The lowest BCUT2D eigenvalue weighted by atomic mass is 9.82. The van der Waals surface area contributed by atoms with Crippen molar-refractivity contribution in [2.75, 3.05) is 0 Å². The van der Waals surface area contributed by atoms with E-state index in [1.165, 1.54) is 25.7 Å². The second-order valence-corrected chi connectivity index (χ2v) is 4.65. The van der Waals surface area contributed by atoms with Gasteiger partial charge in [-0.15, -0.1) is 0 Å². The third-order valence-corrected chi connectivity index (χ3v) is 3.84. The van der Waals surface area contributed by atoms with Crippen molar-refractivity contribution in [1.29, 1.82) is 0 Å². The van der Waals surface area contributed by atoms with Crippen molar-refractivity contribution in [3.05, 3.63) is 0 Å². The van der Waals surface area contributed by atoms with Gasteiger partial charge < -0.3 is 0 Å². The molecule has 1 saturated carbocycles. The highest BCUT2D eigenvalue weighted by Gasteiger charge is 2.32. The largest absolute Gasteiger partial charge is 0.271 e. The summed E-state index contributed by atoms with van der Waals surface area (Å²) >= 11 is 0. The van der Waals surface area contributed by atoms with Crippen LogP contribution in [0.25, 0.3) is 0 Å². The number of hydrogen-bond acceptors (Lipinski definition) is 2. The molecule has 4 unspecified atom stereocenters. The van der Waals surface area contributed by atoms with Gasteiger partial charge in [0.1, 0.15) is 0 Å². The van der Waals surface area contributed by atoms with E-state index in [4.69, 9.17) is 5.84 Å². The number of nitrogens with two attached hydrogens (primary N) is 1. The number of hydrazine groups is 1. The molecule has 2 nitrogen and oxygen atoms in total. The zero-order valence-electron chi connectivity index (χ0n) is 9.22. The third kappa shape index (κ3) is 2.44. The van der Waals surface area contributed by atoms with E-state index in [1.807, 2.05) is 0 Å². The summed E-state index contributed by atoms with van der Waals surface area (Å²) in [6, 6.07) is 0.530. The van der Waals surface area contributed by atoms with Gasteiger partial charge in [0.2, 0.25) is 0 Å². The highest BCUT2D eigenvalue weighted by atomic mass is 15.2. The third-order valence-electron chi connectivity index (χ3n) is 3.84. The van der Waals surface area contributed by atoms with Gasteiger partial charge in [0.25, 0.3) is 0 Å². The van der Waals surface area contributed by atoms with Gasteiger partial charge in [0.05, 0.1) is 0 Å². The first-order chi connectivity index (χ1) is 6.20. The number of hydrogen-bond donors (Lipinski definition) is 2. The Labute approximate surface area is 82.2 Å². The lowest BCUT2D eigenvalue weighted by molar-refractivity contribution is 0.229. The Hall–Kier alpha value is -0.0800. The van der Waals surface area contributed by atoms with E-state index in [-0.39, 0.29) is 0 Å². The Morgan fingerprint density at radius 3 is 2.54 bits per heavy atom. The summed E-state index contributed by atoms with van der Waals surface area (Å²) in [5.74, 6) is 8.01. The summed E-state index contributed by atoms with van der Waals surface area (Å²) in [7, 11) is 0. The summed E-state index contributed by atoms with van der Waals surface area (Å²) in [5.41, 5.74) is 3.03. The first kappa shape index (κ1) is 11.0. The van der Waals surface area contributed by atoms with E-state index in [1.54, 1.807) is 0 Å². The average molecular weight is 184 g/mol. The molecule has 0 aliphatic heterocycles. The molecule has 78 valence electrons. The van der Waals surface area contributed by atoms with Gasteiger partial charge in [-0.05, 0) is 24.2 Å². The lowest BCUT2D eigenvalue weighted by Crippen LogP contribution is -2.46. The van der Waals surface area contributed by atoms with Crippen LogP contribution in [0.3, 0.4) is 0 Å². The summed E-state index contributed by atoms with van der Waals surface area (Å²) in [6.45, 7) is 6.91. The smallest absolute Gasteiger partial charge is 0.0266 e. The van der Waals surface area contributed by atoms with Crippen molar-refractivity contribution in [1.82, 2.24) is 5.43 Å². The molecule has 0 aromatic rings. The van der Waals surface area contributed by atoms with E-state index < -0.39 is 0 Å². The Morgan fingerprint density at radius 2 is 2.15 bits per heavy atom. The highest BCUT2D eigenvalue weighted by Crippen LogP contribution is 2.36. The van der Waals surface area contributed by atoms with E-state index in [0.29, 0.717) is 12.0 Å². The predicted molar refractivity (Wildman–Crippen MR) is 57.1 cm³/mol. The molecular formula is C11H24N2. The van der Waals surface area contributed by atoms with Crippen LogP contribution in [-0.4, -0.2) is 6.04 Å². The van der Waals surface area contributed by atoms with E-state index in [0.717, 1.165) is 11.8 Å². The second kappa shape index (κ2) is 4.97. The molecule has 0 radical (unpaired) electrons. The fourth-order valence-electron chi connectivity index (χ4n) is 2.67. The molecule has 0 amide bonds. The minimum absolute atomic E-state index is 0.530. The number of rotatable bonds is 4. The van der Waals surface area contributed by atoms with Gasteiger partial charge in [-0.2, -0.15) is 0 Å². The maximum atomic E-state index is 5.64. The Balaban J connectivity index is 2.54. The van der Waals surface area contributed by atoms with Crippen LogP contribution in [0.4, 0.5) is 0 Å². The maximum absolute atomic E-state index is 5.64. The Kier molecular flexibility index (Phi) is 4.20. The highest BCUT2D eigenvalue weighted by molar-refractivity contribution is 4.86. The number of nitrogens with one attached hydrogen (secondary N) is 1. The minimum Gasteiger partial charge on any atom is -0.271 e. The van der Waals surface area contributed by atoms with Gasteiger partial charge >= 0.3 is 0 Å². The van der Waals surface area contributed by atoms with Crippen LogP contribution in [0.15, 0.2) is 0 Å². The molecule has 0 aromatic carbocycles. The summed E-state index contributed by atoms with van der Waals surface area (Å²) in [6.07, 6.45) is 5.36. The quantitative estimate of drug-likeness (QED) is 0.520. The van der Waals surface area contributed by atoms with Crippen LogP contribution in [0.1, 0.15) is 46.5 Å². The standard InChI is InChI=1S/C11H24N2/c1-4-8(2)11(13-12)10-7-5-6-9(10)3/h8-11,13H,4-7,12H2,1-3H3. The maximum Gasteiger partial charge on any atom is 0.0266 e. The molecule has 0 bridgehead atoms. The van der Waals surface area contributed by atoms with E-state index in [2.05, 4.69) is 26.2 Å². The SMILES string of the molecule is CCC(C)C(NN)C1CCCC1C. The monoisotopic (exact) mass is 184 g/mol. The normalized spacial score (nSPS) is 33.2. The molecule has 0 aromatic heterocycles. The minimum atomic E-state index is 0.530. The average Bonchev–Trinajstić information content (AvgIpc) is 2.53. The van der Waals surface area contributed by atoms with Gasteiger partial charge in [0, 0.05) is 6.04 Å². The van der Waals surface area contributed by atoms with Crippen molar-refractivity contribution >= 4 is 0 Å². The zero-order chi connectivity index (χ0) is 9.84. The Bertz CT molecular complexity index is 147. The molecule has 0 saturated heterocycles. The first-order valence-electron chi connectivity index (χ1n) is 5.66. The van der Waals surface area contributed by atoms with E-state index in [9.17, 15) is 0 Å². The van der Waals surface area contributed by atoms with Crippen molar-refractivity contribution in [3.8, 4) is 0 Å². The van der Waals surface area contributed by atoms with Gasteiger partial charge in [-0.3, -0.25) is 11.3 Å².